The smallest absolute Gasteiger partial charge is 1.00 e. The molecule has 1 unspecified atom stereocenters. The Hall–Kier alpha value is -1.55. The number of ether oxygens (including phenoxy) is 4. The molecule has 0 bridgehead atoms. The predicted octanol–water partition coefficient (Wildman–Crippen LogP) is 4.13. The fourth-order valence-corrected chi connectivity index (χ4v) is 7.01. The molecule has 0 amide bonds. The Morgan fingerprint density at radius 2 is 1.60 bits per heavy atom. The van der Waals surface area contributed by atoms with Crippen LogP contribution in [0.4, 0.5) is 0 Å². The summed E-state index contributed by atoms with van der Waals surface area (Å²) >= 11 is 6.87. The van der Waals surface area contributed by atoms with Gasteiger partial charge in [-0.05, 0) is 43.5 Å². The Balaban J connectivity index is 0.00000200. The minimum Gasteiger partial charge on any atom is -1.00 e. The molecule has 4 aromatic rings. The largest absolute Gasteiger partial charge is 2.00 e. The van der Waals surface area contributed by atoms with Gasteiger partial charge >= 0.3 is 29.1 Å². The van der Waals surface area contributed by atoms with Gasteiger partial charge in [-0.2, -0.15) is 4.98 Å². The monoisotopic (exact) mass is 753 g/mol. The summed E-state index contributed by atoms with van der Waals surface area (Å²) in [6, 6.07) is 21.8. The molecular formula is C35H45BrClMgN3O5Si. The molecule has 12 heteroatoms. The van der Waals surface area contributed by atoms with Crippen LogP contribution < -0.4 is 21.7 Å². The summed E-state index contributed by atoms with van der Waals surface area (Å²) in [6.07, 6.45) is -0.110. The second-order valence-electron chi connectivity index (χ2n) is 13.8. The summed E-state index contributed by atoms with van der Waals surface area (Å²) in [5.74, 6) is 0.105. The molecule has 47 heavy (non-hydrogen) atoms. The zero-order valence-electron chi connectivity index (χ0n) is 28.2. The van der Waals surface area contributed by atoms with Crippen LogP contribution in [0.15, 0.2) is 60.7 Å². The molecule has 250 valence electrons. The Labute approximate surface area is 311 Å². The van der Waals surface area contributed by atoms with Gasteiger partial charge in [0.2, 0.25) is 0 Å². The summed E-state index contributed by atoms with van der Waals surface area (Å²) in [5, 5.41) is 10.9. The molecule has 2 aromatic heterocycles. The molecule has 2 fully saturated rings. The van der Waals surface area contributed by atoms with Crippen LogP contribution in [0.25, 0.3) is 33.5 Å². The van der Waals surface area contributed by atoms with Crippen molar-refractivity contribution in [2.24, 2.45) is 5.92 Å². The molecule has 4 heterocycles. The van der Waals surface area contributed by atoms with Crippen molar-refractivity contribution in [1.29, 1.82) is 0 Å². The number of imidazole rings is 1. The van der Waals surface area contributed by atoms with Crippen LogP contribution in [0, 0.1) is 13.3 Å². The second-order valence-corrected chi connectivity index (χ2v) is 19.8. The van der Waals surface area contributed by atoms with E-state index in [1.807, 2.05) is 54.8 Å². The average Bonchev–Trinajstić information content (AvgIpc) is 3.65. The number of hydrogen-bond donors (Lipinski definition) is 1. The quantitative estimate of drug-likeness (QED) is 0.140. The molecule has 8 nitrogen and oxygen atoms in total. The Morgan fingerprint density at radius 3 is 2.26 bits per heavy atom. The Bertz CT molecular complexity index is 1600. The third-order valence-electron chi connectivity index (χ3n) is 8.27. The molecular weight excluding hydrogens is 710 g/mol. The summed E-state index contributed by atoms with van der Waals surface area (Å²) in [6.45, 7) is 12.5. The van der Waals surface area contributed by atoms with E-state index in [-0.39, 0.29) is 78.4 Å². The van der Waals surface area contributed by atoms with Crippen molar-refractivity contribution in [3.05, 3.63) is 73.1 Å². The zero-order chi connectivity index (χ0) is 31.1. The maximum atomic E-state index is 10.4. The van der Waals surface area contributed by atoms with Crippen molar-refractivity contribution < 1.29 is 41.0 Å². The molecule has 6 rings (SSSR count). The number of nitrogens with zero attached hydrogens (tertiary/aromatic N) is 3. The maximum Gasteiger partial charge on any atom is 2.00 e. The van der Waals surface area contributed by atoms with Gasteiger partial charge in [-0.1, -0.05) is 85.8 Å². The fourth-order valence-electron chi connectivity index (χ4n) is 6.00. The molecule has 0 radical (unpaired) electrons. The predicted molar refractivity (Wildman–Crippen MR) is 188 cm³/mol. The van der Waals surface area contributed by atoms with Crippen LogP contribution in [-0.2, 0) is 20.9 Å². The van der Waals surface area contributed by atoms with Crippen molar-refractivity contribution in [3.8, 4) is 28.4 Å². The molecule has 2 saturated heterocycles. The van der Waals surface area contributed by atoms with E-state index in [4.69, 9.17) is 40.5 Å². The number of halogens is 2. The molecule has 0 aliphatic carbocycles. The van der Waals surface area contributed by atoms with Crippen LogP contribution in [0.1, 0.15) is 20.3 Å². The summed E-state index contributed by atoms with van der Waals surface area (Å²) in [7, 11) is -1.26. The third-order valence-corrected chi connectivity index (χ3v) is 10.3. The first-order valence-electron chi connectivity index (χ1n) is 15.4. The number of aliphatic hydroxyl groups is 1. The third kappa shape index (κ3) is 9.58. The van der Waals surface area contributed by atoms with E-state index in [1.165, 1.54) is 0 Å². The van der Waals surface area contributed by atoms with E-state index in [1.54, 1.807) is 0 Å². The van der Waals surface area contributed by atoms with Gasteiger partial charge < -0.3 is 48.5 Å². The van der Waals surface area contributed by atoms with E-state index in [9.17, 15) is 5.11 Å². The van der Waals surface area contributed by atoms with E-state index in [0.29, 0.717) is 48.6 Å². The number of hydrogen-bond acceptors (Lipinski definition) is 7. The van der Waals surface area contributed by atoms with Crippen molar-refractivity contribution in [1.82, 2.24) is 14.5 Å². The SMILES string of the molecule is CC(C)(O)CC1CO[C@H]2[C@@H]1OC[C@H]2Oc1nc2nc(-c3ccc(-c4ccccc4)cc3)c(Cl)cc2n1COCC[Si](C)(C)C.[Br-].[CH3-].[Mg+2]. The van der Waals surface area contributed by atoms with Crippen LogP contribution >= 0.6 is 11.6 Å². The first-order valence-corrected chi connectivity index (χ1v) is 19.5. The van der Waals surface area contributed by atoms with Gasteiger partial charge in [0.05, 0.1) is 41.2 Å². The number of fused-ring (bicyclic) bond motifs is 2. The maximum absolute atomic E-state index is 10.4. The molecule has 2 aliphatic heterocycles. The fraction of sp³-hybridized carbons (Fsp3) is 0.457. The number of benzene rings is 2. The minimum atomic E-state index is -1.26. The van der Waals surface area contributed by atoms with Crippen molar-refractivity contribution in [2.45, 2.75) is 76.6 Å². The van der Waals surface area contributed by atoms with Gasteiger partial charge in [-0.3, -0.25) is 4.57 Å². The first kappa shape index (κ1) is 39.9. The van der Waals surface area contributed by atoms with Crippen LogP contribution in [-0.4, -0.2) is 94.5 Å². The molecule has 0 spiro atoms. The normalized spacial score (nSPS) is 20.7. The van der Waals surface area contributed by atoms with Gasteiger partial charge in [0, 0.05) is 26.2 Å². The summed E-state index contributed by atoms with van der Waals surface area (Å²) < 4.78 is 26.9. The summed E-state index contributed by atoms with van der Waals surface area (Å²) in [4.78, 5) is 9.74. The summed E-state index contributed by atoms with van der Waals surface area (Å²) in [5.41, 5.74) is 4.32. The van der Waals surface area contributed by atoms with Gasteiger partial charge in [0.1, 0.15) is 12.8 Å². The molecule has 4 atom stereocenters. The van der Waals surface area contributed by atoms with Crippen molar-refractivity contribution >= 4 is 53.9 Å². The zero-order valence-corrected chi connectivity index (χ0v) is 33.0. The average molecular weight is 756 g/mol. The number of rotatable bonds is 11. The minimum absolute atomic E-state index is 0. The number of pyridine rings is 1. The van der Waals surface area contributed by atoms with E-state index >= 15 is 0 Å². The van der Waals surface area contributed by atoms with Crippen molar-refractivity contribution in [3.63, 3.8) is 0 Å². The first-order chi connectivity index (χ1) is 20.9. The van der Waals surface area contributed by atoms with Crippen molar-refractivity contribution in [2.75, 3.05) is 19.8 Å². The number of aromatic nitrogens is 3. The molecule has 0 saturated carbocycles. The molecule has 2 aromatic carbocycles. The van der Waals surface area contributed by atoms with Gasteiger partial charge in [-0.15, -0.1) is 0 Å². The van der Waals surface area contributed by atoms with Gasteiger partial charge in [0.15, 0.2) is 11.8 Å². The molecule has 1 N–H and O–H groups in total. The molecule has 2 aliphatic rings. The standard InChI is InChI=1S/C34H42ClN3O5Si.CH3.BrH.Mg/c1-34(2,39)18-25-19-41-31-28(20-42-30(25)31)43-33-37-32-27(38(33)21-40-15-16-44(3,4)5)17-26(35)29(36-32)24-13-11-23(12-14-24)22-9-7-6-8-10-22;;;/h6-14,17,25,28,30-31,39H,15-16,18-21H2,1-5H3;1H3;1H;/q;-1;;+2/p-1/t25?,28-,30-,31-;;;/m1.../s1. The van der Waals surface area contributed by atoms with Gasteiger partial charge in [-0.25, -0.2) is 4.98 Å². The van der Waals surface area contributed by atoms with E-state index < -0.39 is 13.7 Å². The van der Waals surface area contributed by atoms with Crippen LogP contribution in [0.3, 0.4) is 0 Å². The van der Waals surface area contributed by atoms with E-state index in [0.717, 1.165) is 28.3 Å². The second kappa shape index (κ2) is 16.4. The topological polar surface area (TPSA) is 87.9 Å². The van der Waals surface area contributed by atoms with E-state index in [2.05, 4.69) is 43.9 Å². The Kier molecular flexibility index (Phi) is 14.0. The van der Waals surface area contributed by atoms with Crippen LogP contribution in [0.5, 0.6) is 6.01 Å². The van der Waals surface area contributed by atoms with Crippen LogP contribution in [0.2, 0.25) is 30.7 Å². The van der Waals surface area contributed by atoms with Gasteiger partial charge in [0.25, 0.3) is 0 Å². The Morgan fingerprint density at radius 1 is 0.957 bits per heavy atom.